The molecule has 0 amide bonds. The third-order valence-corrected chi connectivity index (χ3v) is 8.80. The molecule has 0 N–H and O–H groups in total. The van der Waals surface area contributed by atoms with Crippen molar-refractivity contribution < 1.29 is 33.3 Å². The number of ether oxygens (including phenoxy) is 5. The second kappa shape index (κ2) is 7.15. The Labute approximate surface area is 183 Å². The molecule has 0 aromatic rings. The van der Waals surface area contributed by atoms with Gasteiger partial charge in [0, 0.05) is 36.9 Å². The number of methoxy groups -OCH3 is 2. The van der Waals surface area contributed by atoms with Gasteiger partial charge in [-0.15, -0.1) is 0 Å². The Hall–Kier alpha value is -1.70. The topological polar surface area (TPSA) is 80.3 Å². The van der Waals surface area contributed by atoms with Gasteiger partial charge in [-0.3, -0.25) is 4.79 Å². The molecule has 7 nitrogen and oxygen atoms in total. The van der Waals surface area contributed by atoms with Crippen LogP contribution in [0.5, 0.6) is 0 Å². The van der Waals surface area contributed by atoms with Crippen molar-refractivity contribution in [3.8, 4) is 0 Å². The number of carbonyl (C=O) groups is 2. The van der Waals surface area contributed by atoms with E-state index >= 15 is 0 Å². The second-order valence-electron chi connectivity index (χ2n) is 10.1. The zero-order chi connectivity index (χ0) is 22.1. The Kier molecular flexibility index (Phi) is 4.88. The predicted octanol–water partition coefficient (Wildman–Crippen LogP) is 2.64. The average Bonchev–Trinajstić information content (AvgIpc) is 3.03. The van der Waals surface area contributed by atoms with Crippen molar-refractivity contribution in [1.29, 1.82) is 0 Å². The summed E-state index contributed by atoms with van der Waals surface area (Å²) >= 11 is 0. The van der Waals surface area contributed by atoms with E-state index in [1.807, 2.05) is 6.08 Å². The molecule has 3 fully saturated rings. The molecule has 3 aliphatic carbocycles. The summed E-state index contributed by atoms with van der Waals surface area (Å²) in [5, 5.41) is 0. The van der Waals surface area contributed by atoms with Crippen molar-refractivity contribution >= 4 is 11.9 Å². The Morgan fingerprint density at radius 3 is 2.71 bits per heavy atom. The monoisotopic (exact) mass is 432 g/mol. The summed E-state index contributed by atoms with van der Waals surface area (Å²) in [5.74, 6) is -0.241. The van der Waals surface area contributed by atoms with Gasteiger partial charge in [-0.05, 0) is 36.2 Å². The van der Waals surface area contributed by atoms with E-state index in [4.69, 9.17) is 23.7 Å². The second-order valence-corrected chi connectivity index (χ2v) is 10.1. The van der Waals surface area contributed by atoms with E-state index in [2.05, 4.69) is 26.0 Å². The van der Waals surface area contributed by atoms with Crippen LogP contribution in [0, 0.1) is 34.5 Å². The maximum absolute atomic E-state index is 12.9. The molecule has 0 aromatic carbocycles. The van der Waals surface area contributed by atoms with Gasteiger partial charge in [0.1, 0.15) is 0 Å². The molecule has 2 heterocycles. The van der Waals surface area contributed by atoms with Gasteiger partial charge in [-0.25, -0.2) is 4.79 Å². The lowest BCUT2D eigenvalue weighted by molar-refractivity contribution is -0.320. The third-order valence-electron chi connectivity index (χ3n) is 8.80. The number of rotatable bonds is 3. The van der Waals surface area contributed by atoms with Crippen molar-refractivity contribution in [2.24, 2.45) is 34.5 Å². The molecule has 1 spiro atoms. The molecule has 2 saturated heterocycles. The van der Waals surface area contributed by atoms with Crippen LogP contribution in [0.15, 0.2) is 23.8 Å². The van der Waals surface area contributed by atoms with Crippen LogP contribution in [0.2, 0.25) is 0 Å². The lowest BCUT2D eigenvalue weighted by atomic mass is 9.40. The van der Waals surface area contributed by atoms with Gasteiger partial charge in [0.25, 0.3) is 0 Å². The summed E-state index contributed by atoms with van der Waals surface area (Å²) in [6, 6.07) is 0. The van der Waals surface area contributed by atoms with E-state index in [1.54, 1.807) is 7.11 Å². The normalized spacial score (nSPS) is 49.5. The summed E-state index contributed by atoms with van der Waals surface area (Å²) < 4.78 is 29.5. The number of hydrogen-bond acceptors (Lipinski definition) is 7. The summed E-state index contributed by atoms with van der Waals surface area (Å²) in [6.07, 6.45) is 6.48. The maximum atomic E-state index is 12.9. The molecule has 2 aliphatic heterocycles. The molecule has 5 rings (SSSR count). The first-order chi connectivity index (χ1) is 14.8. The smallest absolute Gasteiger partial charge is 0.333 e. The van der Waals surface area contributed by atoms with Gasteiger partial charge in [0.2, 0.25) is 0 Å². The molecule has 7 heteroatoms. The summed E-state index contributed by atoms with van der Waals surface area (Å²) in [6.45, 7) is 6.47. The van der Waals surface area contributed by atoms with Crippen LogP contribution in [0.1, 0.15) is 33.6 Å². The number of fused-ring (bicyclic) bond motifs is 1. The molecule has 10 atom stereocenters. The fourth-order valence-corrected chi connectivity index (χ4v) is 7.81. The molecule has 1 unspecified atom stereocenters. The Morgan fingerprint density at radius 1 is 1.26 bits per heavy atom. The van der Waals surface area contributed by atoms with Crippen LogP contribution in [-0.2, 0) is 33.3 Å². The Morgan fingerprint density at radius 2 is 2.03 bits per heavy atom. The van der Waals surface area contributed by atoms with Gasteiger partial charge in [0.05, 0.1) is 25.9 Å². The van der Waals surface area contributed by atoms with E-state index in [0.29, 0.717) is 24.0 Å². The van der Waals surface area contributed by atoms with Crippen LogP contribution in [0.25, 0.3) is 0 Å². The van der Waals surface area contributed by atoms with Gasteiger partial charge < -0.3 is 23.7 Å². The van der Waals surface area contributed by atoms with E-state index in [9.17, 15) is 9.59 Å². The van der Waals surface area contributed by atoms with E-state index in [1.165, 1.54) is 14.0 Å². The van der Waals surface area contributed by atoms with Crippen LogP contribution >= 0.6 is 0 Å². The fraction of sp³-hybridized carbons (Fsp3) is 0.750. The maximum Gasteiger partial charge on any atom is 0.333 e. The average molecular weight is 433 g/mol. The minimum atomic E-state index is -0.755. The van der Waals surface area contributed by atoms with Gasteiger partial charge >= 0.3 is 11.9 Å². The van der Waals surface area contributed by atoms with Crippen LogP contribution in [0.4, 0.5) is 0 Å². The van der Waals surface area contributed by atoms with Crippen molar-refractivity contribution in [3.63, 3.8) is 0 Å². The Balaban J connectivity index is 1.71. The summed E-state index contributed by atoms with van der Waals surface area (Å²) in [5.41, 5.74) is 0.0323. The van der Waals surface area contributed by atoms with Crippen molar-refractivity contribution in [2.45, 2.75) is 58.2 Å². The van der Waals surface area contributed by atoms with Crippen molar-refractivity contribution in [1.82, 2.24) is 0 Å². The SMILES string of the molecule is COC(=O)C1=C[C@@H]2OC[C@@]34[C@H]1[C@@H](OC(C)=O)C(OC)O[C@@H]3C[C@H]1[C@H](C)C=CC[C@]1(C)[C@@H]24. The molecular weight excluding hydrogens is 400 g/mol. The first-order valence-corrected chi connectivity index (χ1v) is 11.2. The summed E-state index contributed by atoms with van der Waals surface area (Å²) in [4.78, 5) is 25.0. The first kappa shape index (κ1) is 21.2. The van der Waals surface area contributed by atoms with Crippen molar-refractivity contribution in [3.05, 3.63) is 23.8 Å². The van der Waals surface area contributed by atoms with E-state index in [0.717, 1.165) is 12.8 Å². The van der Waals surface area contributed by atoms with Crippen molar-refractivity contribution in [2.75, 3.05) is 20.8 Å². The zero-order valence-corrected chi connectivity index (χ0v) is 18.8. The van der Waals surface area contributed by atoms with E-state index < -0.39 is 35.7 Å². The minimum absolute atomic E-state index is 0.00766. The highest BCUT2D eigenvalue weighted by Gasteiger charge is 2.75. The van der Waals surface area contributed by atoms with Gasteiger partial charge in [-0.2, -0.15) is 0 Å². The molecule has 1 saturated carbocycles. The van der Waals surface area contributed by atoms with Gasteiger partial charge in [-0.1, -0.05) is 26.0 Å². The van der Waals surface area contributed by atoms with Gasteiger partial charge in [0.15, 0.2) is 12.4 Å². The molecule has 0 radical (unpaired) electrons. The highest BCUT2D eigenvalue weighted by atomic mass is 16.7. The highest BCUT2D eigenvalue weighted by Crippen LogP contribution is 2.71. The van der Waals surface area contributed by atoms with Crippen LogP contribution in [-0.4, -0.2) is 57.4 Å². The quantitative estimate of drug-likeness (QED) is 0.501. The first-order valence-electron chi connectivity index (χ1n) is 11.2. The molecule has 2 bridgehead atoms. The number of carbonyl (C=O) groups excluding carboxylic acids is 2. The van der Waals surface area contributed by atoms with Crippen LogP contribution < -0.4 is 0 Å². The van der Waals surface area contributed by atoms with Crippen LogP contribution in [0.3, 0.4) is 0 Å². The molecule has 31 heavy (non-hydrogen) atoms. The molecular formula is C24H32O7. The zero-order valence-electron chi connectivity index (χ0n) is 18.8. The third kappa shape index (κ3) is 2.69. The molecule has 170 valence electrons. The lowest BCUT2D eigenvalue weighted by Gasteiger charge is -2.66. The lowest BCUT2D eigenvalue weighted by Crippen LogP contribution is -2.71. The molecule has 0 aromatic heterocycles. The summed E-state index contributed by atoms with van der Waals surface area (Å²) in [7, 11) is 2.93. The molecule has 5 aliphatic rings. The predicted molar refractivity (Wildman–Crippen MR) is 110 cm³/mol. The van der Waals surface area contributed by atoms with E-state index in [-0.39, 0.29) is 23.5 Å². The largest absolute Gasteiger partial charge is 0.466 e. The standard InChI is InChI=1S/C24H32O7/c1-12-7-6-8-23(3)15(12)10-17-24-11-29-16(20(23)24)9-14(21(26)27-4)18(24)19(30-13(2)25)22(28-5)31-17/h6-7,9,12,15-20,22H,8,10-11H2,1-5H3/t12-,15+,16+,17-,18-,19-,20-,22?,23+,24+/m1/s1. The number of allylic oxidation sites excluding steroid dienone is 2. The number of esters is 2. The minimum Gasteiger partial charge on any atom is -0.466 e. The Bertz CT molecular complexity index is 849. The number of hydrogen-bond donors (Lipinski definition) is 0. The highest BCUT2D eigenvalue weighted by molar-refractivity contribution is 5.90. The fourth-order valence-electron chi connectivity index (χ4n) is 7.81.